The number of halogens is 8. The van der Waals surface area contributed by atoms with E-state index < -0.39 is 11.2 Å². The zero-order valence-electron chi connectivity index (χ0n) is 42.3. The van der Waals surface area contributed by atoms with Crippen LogP contribution in [0.2, 0.25) is 0 Å². The van der Waals surface area contributed by atoms with E-state index in [1.807, 2.05) is 78.8 Å². The highest BCUT2D eigenvalue weighted by molar-refractivity contribution is 14.1. The number of anilines is 3. The van der Waals surface area contributed by atoms with Crippen molar-refractivity contribution in [1.82, 2.24) is 10.5 Å². The lowest BCUT2D eigenvalue weighted by Crippen LogP contribution is -2.38. The highest BCUT2D eigenvalue weighted by atomic mass is 127. The van der Waals surface area contributed by atoms with E-state index in [4.69, 9.17) is 78.0 Å². The fourth-order valence-electron chi connectivity index (χ4n) is 5.74. The summed E-state index contributed by atoms with van der Waals surface area (Å²) in [5.41, 5.74) is 12.4. The Kier molecular flexibility index (Phi) is 42.3. The zero-order chi connectivity index (χ0) is 54.6. The molecule has 0 aliphatic carbocycles. The van der Waals surface area contributed by atoms with Crippen LogP contribution in [0.25, 0.3) is 0 Å². The van der Waals surface area contributed by atoms with Gasteiger partial charge in [0.2, 0.25) is 0 Å². The minimum absolute atomic E-state index is 0.0503. The molecule has 3 aromatic rings. The number of nitrogens with zero attached hydrogens (tertiary/aromatic N) is 2. The third-order valence-corrected chi connectivity index (χ3v) is 13.2. The lowest BCUT2D eigenvalue weighted by molar-refractivity contribution is -0.156. The molecule has 0 saturated heterocycles. The maximum Gasteiger partial charge on any atom is 0.307 e. The molecule has 0 fully saturated rings. The number of alkyl halides is 6. The molecular weight excluding hydrogens is 1350 g/mol. The van der Waals surface area contributed by atoms with E-state index in [1.165, 1.54) is 38.8 Å². The van der Waals surface area contributed by atoms with Gasteiger partial charge in [0.05, 0.1) is 31.1 Å². The van der Waals surface area contributed by atoms with Gasteiger partial charge in [-0.15, -0.1) is 58.0 Å². The normalized spacial score (nSPS) is 11.4. The van der Waals surface area contributed by atoms with Crippen molar-refractivity contribution in [1.29, 1.82) is 0 Å². The van der Waals surface area contributed by atoms with Gasteiger partial charge in [-0.1, -0.05) is 40.8 Å². The first-order chi connectivity index (χ1) is 33.4. The first-order valence-corrected chi connectivity index (χ1v) is 28.9. The Bertz CT molecular complexity index is 1980. The lowest BCUT2D eigenvalue weighted by atomic mass is 9.91. The summed E-state index contributed by atoms with van der Waals surface area (Å²) in [6, 6.07) is 18.2. The first kappa shape index (κ1) is 71.8. The van der Waals surface area contributed by atoms with Crippen molar-refractivity contribution in [3.63, 3.8) is 0 Å². The number of hydrogen-bond donors (Lipinski definition) is 3. The molecule has 0 unspecified atom stereocenters. The van der Waals surface area contributed by atoms with Gasteiger partial charge in [-0.3, -0.25) is 9.59 Å². The molecular formula is C49H71B2Cl5I3N5O7. The van der Waals surface area contributed by atoms with Crippen LogP contribution in [-0.4, -0.2) is 129 Å². The monoisotopic (exact) mass is 1420 g/mol. The van der Waals surface area contributed by atoms with E-state index in [0.717, 1.165) is 40.0 Å². The van der Waals surface area contributed by atoms with Gasteiger partial charge in [0, 0.05) is 90.4 Å². The number of ether oxygens (including phenoxy) is 2. The molecule has 12 nitrogen and oxygen atoms in total. The van der Waals surface area contributed by atoms with Crippen molar-refractivity contribution in [2.75, 3.05) is 75.5 Å². The molecule has 0 aliphatic rings. The third kappa shape index (κ3) is 37.2. The number of nitrogens with one attached hydrogen (secondary N) is 2. The average Bonchev–Trinajstić information content (AvgIpc) is 3.29. The van der Waals surface area contributed by atoms with Crippen molar-refractivity contribution in [2.45, 2.75) is 105 Å². The van der Waals surface area contributed by atoms with Crippen LogP contribution in [0.15, 0.2) is 54.6 Å². The van der Waals surface area contributed by atoms with Crippen LogP contribution in [0.5, 0.6) is 0 Å². The van der Waals surface area contributed by atoms with Crippen LogP contribution in [0, 0.1) is 27.9 Å². The molecule has 3 rings (SSSR count). The van der Waals surface area contributed by atoms with Crippen molar-refractivity contribution >= 4 is 188 Å². The molecule has 4 N–H and O–H groups in total. The number of benzene rings is 3. The first-order valence-electron chi connectivity index (χ1n) is 22.6. The molecule has 3 aromatic carbocycles. The van der Waals surface area contributed by atoms with Gasteiger partial charge in [-0.05, 0) is 173 Å². The van der Waals surface area contributed by atoms with E-state index >= 15 is 0 Å². The number of nitrogens with two attached hydrogens (primary N) is 1. The van der Waals surface area contributed by atoms with Crippen LogP contribution in [0.3, 0.4) is 0 Å². The summed E-state index contributed by atoms with van der Waals surface area (Å²) in [7, 11) is 2.62. The Morgan fingerprint density at radius 2 is 1.03 bits per heavy atom. The zero-order valence-corrected chi connectivity index (χ0v) is 52.5. The molecule has 0 aliphatic heterocycles. The second-order valence-corrected chi connectivity index (χ2v) is 22.4. The van der Waals surface area contributed by atoms with Crippen molar-refractivity contribution < 1.29 is 33.4 Å². The molecule has 0 heterocycles. The Morgan fingerprint density at radius 1 is 0.648 bits per heavy atom. The Morgan fingerprint density at radius 3 is 1.38 bits per heavy atom. The number of nitrogen functional groups attached to an aromatic ring is 1. The average molecular weight is 1420 g/mol. The highest BCUT2D eigenvalue weighted by Gasteiger charge is 2.22. The molecule has 0 spiro atoms. The predicted molar refractivity (Wildman–Crippen MR) is 330 cm³/mol. The lowest BCUT2D eigenvalue weighted by Gasteiger charge is -2.26. The fraction of sp³-hybridized carbons (Fsp3) is 0.531. The molecule has 2 radical (unpaired) electrons. The van der Waals surface area contributed by atoms with E-state index in [2.05, 4.69) is 126 Å². The van der Waals surface area contributed by atoms with E-state index in [0.29, 0.717) is 61.7 Å². The SMILES string of the molecule is CC(C)(C)OC(=O)C[C@H](CI)N[B]C=O.Cc1ccc(N(CCCl)CCCl)cc1C[C@@H](CC(=O)OC(C)(C)C)N[B]C=O.Cc1ccc(N(CCCl)CCCl)cc1I.Cc1ccc(N)cc1I.O=CCCl. The quantitative estimate of drug-likeness (QED) is 0.0195. The predicted octanol–water partition coefficient (Wildman–Crippen LogP) is 10.7. The van der Waals surface area contributed by atoms with Gasteiger partial charge in [0.25, 0.3) is 14.8 Å². The van der Waals surface area contributed by atoms with E-state index in [-0.39, 0.29) is 42.7 Å². The summed E-state index contributed by atoms with van der Waals surface area (Å²) in [4.78, 5) is 57.9. The van der Waals surface area contributed by atoms with Gasteiger partial charge in [0.1, 0.15) is 17.5 Å². The Balaban J connectivity index is 0. The van der Waals surface area contributed by atoms with Crippen LogP contribution in [-0.2, 0) is 39.9 Å². The van der Waals surface area contributed by atoms with Crippen molar-refractivity contribution in [3.05, 3.63) is 84.0 Å². The number of carbonyl (C=O) groups is 5. The molecule has 396 valence electrons. The van der Waals surface area contributed by atoms with Gasteiger partial charge >= 0.3 is 11.9 Å². The molecule has 22 heteroatoms. The molecule has 2 atom stereocenters. The number of aryl methyl sites for hydroxylation is 3. The standard InChI is InChI=1S/C20H30BCl2N2O3.C11H14Cl2IN.C9H16BINO3.C7H8IN.C2H3ClO/c1-15-5-6-18(25(9-7-22)10-8-23)12-16(15)11-17(24-21-14-26)13-19(27)28-20(2,3)4;1-9-2-3-10(8-11(9)14)15(6-4-12)7-5-13;1-9(2,3)15-8(14)4-7(5-11)12-10-6-13;1-5-2-3-6(9)4-7(5)8;3-1-2-4/h5-6,12,14,17,24H,7-11,13H2,1-4H3;2-3,8H,4-7H2,1H3;6-7,12H,4-5H2,1-3H3;2-4H,9H2,1H3;2H,1H2/t17-;;7-;;/m0.1../s1. The largest absolute Gasteiger partial charge is 0.460 e. The molecule has 71 heavy (non-hydrogen) atoms. The van der Waals surface area contributed by atoms with E-state index in [1.54, 1.807) is 0 Å². The van der Waals surface area contributed by atoms with Crippen molar-refractivity contribution in [3.8, 4) is 0 Å². The van der Waals surface area contributed by atoms with Gasteiger partial charge in [-0.2, -0.15) is 0 Å². The second-order valence-electron chi connectivity index (χ2n) is 17.4. The Labute approximate surface area is 491 Å². The van der Waals surface area contributed by atoms with Gasteiger partial charge in [-0.25, -0.2) is 0 Å². The van der Waals surface area contributed by atoms with Gasteiger partial charge in [0.15, 0.2) is 0 Å². The molecule has 0 bridgehead atoms. The molecule has 0 aromatic heterocycles. The summed E-state index contributed by atoms with van der Waals surface area (Å²) in [6.07, 6.45) is 2.99. The second kappa shape index (κ2) is 41.9. The van der Waals surface area contributed by atoms with Gasteiger partial charge < -0.3 is 49.8 Å². The molecule has 0 saturated carbocycles. The maximum absolute atomic E-state index is 12.3. The summed E-state index contributed by atoms with van der Waals surface area (Å²) in [6.45, 7) is 20.3. The number of aldehydes is 1. The molecule has 0 amide bonds. The van der Waals surface area contributed by atoms with Crippen LogP contribution in [0.4, 0.5) is 17.1 Å². The summed E-state index contributed by atoms with van der Waals surface area (Å²) in [5, 5.41) is 5.85. The summed E-state index contributed by atoms with van der Waals surface area (Å²) in [5.74, 6) is 1.83. The number of hydrogen-bond acceptors (Lipinski definition) is 12. The maximum atomic E-state index is 12.3. The van der Waals surface area contributed by atoms with Crippen molar-refractivity contribution in [2.24, 2.45) is 0 Å². The minimum Gasteiger partial charge on any atom is -0.460 e. The van der Waals surface area contributed by atoms with Crippen LogP contribution in [0.1, 0.15) is 76.6 Å². The van der Waals surface area contributed by atoms with Crippen LogP contribution < -0.4 is 26.0 Å². The fourth-order valence-corrected chi connectivity index (χ4v) is 8.16. The number of carbonyl (C=O) groups excluding carboxylic acids is 5. The minimum atomic E-state index is -0.546. The highest BCUT2D eigenvalue weighted by Crippen LogP contribution is 2.23. The Hall–Kier alpha value is -1.30. The topological polar surface area (TPSA) is 160 Å². The summed E-state index contributed by atoms with van der Waals surface area (Å²) >= 11 is 35.0. The summed E-state index contributed by atoms with van der Waals surface area (Å²) < 4.78 is 13.8. The number of rotatable bonds is 24. The number of esters is 2. The third-order valence-electron chi connectivity index (χ3n) is 9.01. The van der Waals surface area contributed by atoms with E-state index in [9.17, 15) is 19.2 Å². The van der Waals surface area contributed by atoms with Crippen LogP contribution >= 0.6 is 126 Å². The smallest absolute Gasteiger partial charge is 0.307 e.